The molecular formula is C18H16N4O3. The van der Waals surface area contributed by atoms with Crippen LogP contribution >= 0.6 is 0 Å². The highest BCUT2D eigenvalue weighted by Gasteiger charge is 2.44. The van der Waals surface area contributed by atoms with Crippen LogP contribution in [0.2, 0.25) is 0 Å². The van der Waals surface area contributed by atoms with E-state index in [4.69, 9.17) is 9.47 Å². The topological polar surface area (TPSA) is 89.1 Å². The molecule has 7 nitrogen and oxygen atoms in total. The van der Waals surface area contributed by atoms with E-state index in [1.807, 2.05) is 18.2 Å². The lowest BCUT2D eigenvalue weighted by Crippen LogP contribution is -2.34. The first kappa shape index (κ1) is 14.3. The Balaban J connectivity index is 1.37. The van der Waals surface area contributed by atoms with Gasteiger partial charge < -0.3 is 14.8 Å². The number of nitrogens with one attached hydrogen (secondary N) is 2. The first-order valence-corrected chi connectivity index (χ1v) is 8.33. The molecule has 0 unspecified atom stereocenters. The fourth-order valence-electron chi connectivity index (χ4n) is 3.45. The van der Waals surface area contributed by atoms with Crippen molar-refractivity contribution in [1.29, 1.82) is 0 Å². The van der Waals surface area contributed by atoms with E-state index in [-0.39, 0.29) is 5.91 Å². The maximum absolute atomic E-state index is 12.5. The van der Waals surface area contributed by atoms with Gasteiger partial charge in [0, 0.05) is 36.2 Å². The second-order valence-corrected chi connectivity index (χ2v) is 6.47. The van der Waals surface area contributed by atoms with Crippen molar-refractivity contribution in [3.63, 3.8) is 0 Å². The van der Waals surface area contributed by atoms with Crippen LogP contribution in [0.1, 0.15) is 36.0 Å². The summed E-state index contributed by atoms with van der Waals surface area (Å²) in [5.74, 6) is 0.691. The van der Waals surface area contributed by atoms with Gasteiger partial charge in [0.25, 0.3) is 11.7 Å². The van der Waals surface area contributed by atoms with Crippen LogP contribution < -0.4 is 14.8 Å². The number of carbonyl (C=O) groups is 1. The zero-order valence-corrected chi connectivity index (χ0v) is 13.4. The molecular weight excluding hydrogens is 320 g/mol. The van der Waals surface area contributed by atoms with Crippen LogP contribution in [0.4, 0.5) is 5.69 Å². The molecule has 1 aliphatic carbocycles. The van der Waals surface area contributed by atoms with Gasteiger partial charge in [0.1, 0.15) is 0 Å². The van der Waals surface area contributed by atoms with E-state index in [1.165, 1.54) is 6.20 Å². The molecule has 126 valence electrons. The lowest BCUT2D eigenvalue weighted by Gasteiger charge is -2.21. The van der Waals surface area contributed by atoms with Gasteiger partial charge in [-0.05, 0) is 31.0 Å². The Hall–Kier alpha value is -3.09. The molecule has 1 spiro atoms. The number of aromatic nitrogens is 3. The average Bonchev–Trinajstić information content (AvgIpc) is 3.33. The van der Waals surface area contributed by atoms with Crippen LogP contribution in [0.15, 0.2) is 36.7 Å². The van der Waals surface area contributed by atoms with E-state index in [9.17, 15) is 4.79 Å². The summed E-state index contributed by atoms with van der Waals surface area (Å²) >= 11 is 0. The van der Waals surface area contributed by atoms with Gasteiger partial charge in [-0.2, -0.15) is 5.10 Å². The summed E-state index contributed by atoms with van der Waals surface area (Å²) in [7, 11) is 0. The Kier molecular flexibility index (Phi) is 2.97. The summed E-state index contributed by atoms with van der Waals surface area (Å²) in [6.07, 6.45) is 7.19. The van der Waals surface area contributed by atoms with Gasteiger partial charge in [-0.15, -0.1) is 0 Å². The van der Waals surface area contributed by atoms with Crippen LogP contribution in [0.3, 0.4) is 0 Å². The minimum Gasteiger partial charge on any atom is -0.448 e. The number of benzene rings is 1. The SMILES string of the molecule is O=C(Nc1ccc2c(c1)OC1(CCCC1)O2)c1cnc2[nH]ncc2c1. The number of ether oxygens (including phenoxy) is 2. The van der Waals surface area contributed by atoms with Crippen molar-refractivity contribution >= 4 is 22.6 Å². The molecule has 1 aromatic carbocycles. The fourth-order valence-corrected chi connectivity index (χ4v) is 3.45. The van der Waals surface area contributed by atoms with Crippen LogP contribution in [-0.4, -0.2) is 26.9 Å². The van der Waals surface area contributed by atoms with Crippen molar-refractivity contribution in [1.82, 2.24) is 15.2 Å². The van der Waals surface area contributed by atoms with E-state index < -0.39 is 5.79 Å². The van der Waals surface area contributed by atoms with Crippen LogP contribution in [0.5, 0.6) is 11.5 Å². The van der Waals surface area contributed by atoms with Gasteiger partial charge in [-0.25, -0.2) is 4.98 Å². The highest BCUT2D eigenvalue weighted by atomic mass is 16.7. The van der Waals surface area contributed by atoms with E-state index >= 15 is 0 Å². The molecule has 0 atom stereocenters. The second kappa shape index (κ2) is 5.20. The number of anilines is 1. The molecule has 2 aliphatic rings. The van der Waals surface area contributed by atoms with Crippen molar-refractivity contribution in [2.75, 3.05) is 5.32 Å². The number of fused-ring (bicyclic) bond motifs is 2. The lowest BCUT2D eigenvalue weighted by molar-refractivity contribution is -0.0716. The third-order valence-corrected chi connectivity index (χ3v) is 4.71. The molecule has 3 heterocycles. The summed E-state index contributed by atoms with van der Waals surface area (Å²) in [6.45, 7) is 0. The monoisotopic (exact) mass is 336 g/mol. The molecule has 5 rings (SSSR count). The molecule has 2 N–H and O–H groups in total. The van der Waals surface area contributed by atoms with Crippen molar-refractivity contribution in [3.05, 3.63) is 42.2 Å². The molecule has 0 saturated heterocycles. The first-order chi connectivity index (χ1) is 12.2. The number of rotatable bonds is 2. The van der Waals surface area contributed by atoms with E-state index in [0.717, 1.165) is 36.8 Å². The number of amides is 1. The quantitative estimate of drug-likeness (QED) is 0.750. The Morgan fingerprint density at radius 1 is 1.12 bits per heavy atom. The second-order valence-electron chi connectivity index (χ2n) is 6.47. The number of aromatic amines is 1. The van der Waals surface area contributed by atoms with Crippen molar-refractivity contribution in [2.24, 2.45) is 0 Å². The molecule has 2 aromatic heterocycles. The zero-order chi connectivity index (χ0) is 16.9. The molecule has 1 aliphatic heterocycles. The first-order valence-electron chi connectivity index (χ1n) is 8.33. The number of carbonyl (C=O) groups excluding carboxylic acids is 1. The zero-order valence-electron chi connectivity index (χ0n) is 13.4. The fraction of sp³-hybridized carbons (Fsp3) is 0.278. The average molecular weight is 336 g/mol. The van der Waals surface area contributed by atoms with Crippen LogP contribution in [-0.2, 0) is 0 Å². The number of pyridine rings is 1. The van der Waals surface area contributed by atoms with Gasteiger partial charge in [0.2, 0.25) is 0 Å². The Labute approximate surface area is 143 Å². The van der Waals surface area contributed by atoms with Crippen molar-refractivity contribution in [2.45, 2.75) is 31.5 Å². The molecule has 0 bridgehead atoms. The predicted molar refractivity (Wildman–Crippen MR) is 90.7 cm³/mol. The third kappa shape index (κ3) is 2.39. The van der Waals surface area contributed by atoms with Gasteiger partial charge in [0.15, 0.2) is 17.1 Å². The minimum absolute atomic E-state index is 0.231. The molecule has 1 amide bonds. The van der Waals surface area contributed by atoms with Crippen molar-refractivity contribution in [3.8, 4) is 11.5 Å². The van der Waals surface area contributed by atoms with E-state index in [0.29, 0.717) is 22.6 Å². The Morgan fingerprint density at radius 3 is 2.84 bits per heavy atom. The highest BCUT2D eigenvalue weighted by Crippen LogP contribution is 2.47. The summed E-state index contributed by atoms with van der Waals surface area (Å²) in [5.41, 5.74) is 1.79. The summed E-state index contributed by atoms with van der Waals surface area (Å²) in [4.78, 5) is 16.7. The van der Waals surface area contributed by atoms with Gasteiger partial charge in [-0.3, -0.25) is 9.89 Å². The summed E-state index contributed by atoms with van der Waals surface area (Å²) < 4.78 is 12.0. The molecule has 25 heavy (non-hydrogen) atoms. The summed E-state index contributed by atoms with van der Waals surface area (Å²) in [6, 6.07) is 7.22. The molecule has 7 heteroatoms. The van der Waals surface area contributed by atoms with Gasteiger partial charge in [-0.1, -0.05) is 0 Å². The number of nitrogens with zero attached hydrogens (tertiary/aromatic N) is 2. The van der Waals surface area contributed by atoms with Crippen LogP contribution in [0.25, 0.3) is 11.0 Å². The van der Waals surface area contributed by atoms with Crippen LogP contribution in [0, 0.1) is 0 Å². The maximum Gasteiger partial charge on any atom is 0.257 e. The lowest BCUT2D eigenvalue weighted by atomic mass is 10.2. The molecule has 1 saturated carbocycles. The normalized spacial score (nSPS) is 17.3. The molecule has 3 aromatic rings. The predicted octanol–water partition coefficient (Wildman–Crippen LogP) is 3.25. The Bertz CT molecular complexity index is 975. The molecule has 0 radical (unpaired) electrons. The molecule has 1 fully saturated rings. The maximum atomic E-state index is 12.5. The highest BCUT2D eigenvalue weighted by molar-refractivity contribution is 6.05. The third-order valence-electron chi connectivity index (χ3n) is 4.71. The number of hydrogen-bond donors (Lipinski definition) is 2. The number of H-pyrrole nitrogens is 1. The minimum atomic E-state index is -0.499. The van der Waals surface area contributed by atoms with Gasteiger partial charge in [0.05, 0.1) is 11.8 Å². The van der Waals surface area contributed by atoms with E-state index in [1.54, 1.807) is 12.3 Å². The van der Waals surface area contributed by atoms with Gasteiger partial charge >= 0.3 is 0 Å². The Morgan fingerprint density at radius 2 is 1.96 bits per heavy atom. The number of hydrogen-bond acceptors (Lipinski definition) is 5. The smallest absolute Gasteiger partial charge is 0.257 e. The van der Waals surface area contributed by atoms with E-state index in [2.05, 4.69) is 20.5 Å². The summed E-state index contributed by atoms with van der Waals surface area (Å²) in [5, 5.41) is 10.3. The largest absolute Gasteiger partial charge is 0.448 e. The van der Waals surface area contributed by atoms with Crippen molar-refractivity contribution < 1.29 is 14.3 Å². The standard InChI is InChI=1S/C18H16N4O3/c23-17(12-7-11-10-20-22-16(11)19-9-12)21-13-3-4-14-15(8-13)25-18(24-14)5-1-2-6-18/h3-4,7-10H,1-2,5-6H2,(H,21,23)(H,19,20,22).